The highest BCUT2D eigenvalue weighted by Crippen LogP contribution is 2.18. The summed E-state index contributed by atoms with van der Waals surface area (Å²) in [4.78, 5) is 15.1. The van der Waals surface area contributed by atoms with Gasteiger partial charge in [0.1, 0.15) is 0 Å². The van der Waals surface area contributed by atoms with Crippen LogP contribution in [0.4, 0.5) is 0 Å². The maximum atomic E-state index is 11.9. The summed E-state index contributed by atoms with van der Waals surface area (Å²) >= 11 is 6.06. The Hall–Kier alpha value is -2.52. The molecule has 1 heterocycles. The van der Waals surface area contributed by atoms with Crippen LogP contribution in [0.5, 0.6) is 0 Å². The third-order valence-electron chi connectivity index (χ3n) is 3.45. The summed E-state index contributed by atoms with van der Waals surface area (Å²) in [5.41, 5.74) is 2.94. The predicted molar refractivity (Wildman–Crippen MR) is 90.6 cm³/mol. The number of benzene rings is 2. The molecule has 0 atom stereocenters. The van der Waals surface area contributed by atoms with Gasteiger partial charge in [0.2, 0.25) is 5.91 Å². The number of para-hydroxylation sites is 1. The molecular formula is C18H15ClN2O. The molecule has 2 aromatic carbocycles. The topological polar surface area (TPSA) is 44.9 Å². The van der Waals surface area contributed by atoms with E-state index in [2.05, 4.69) is 10.3 Å². The number of halogens is 1. The SMILES string of the molecule is O=C(C=Cc1c[nH]c2ccccc12)NCc1ccccc1Cl. The lowest BCUT2D eigenvalue weighted by Gasteiger charge is -2.04. The fraction of sp³-hybridized carbons (Fsp3) is 0.0556. The van der Waals surface area contributed by atoms with Gasteiger partial charge in [0.25, 0.3) is 0 Å². The van der Waals surface area contributed by atoms with Gasteiger partial charge in [-0.05, 0) is 29.3 Å². The predicted octanol–water partition coefficient (Wildman–Crippen LogP) is 4.15. The van der Waals surface area contributed by atoms with Crippen LogP contribution < -0.4 is 5.32 Å². The molecule has 0 aliphatic heterocycles. The van der Waals surface area contributed by atoms with Gasteiger partial charge in [-0.1, -0.05) is 48.0 Å². The number of aromatic amines is 1. The van der Waals surface area contributed by atoms with Crippen LogP contribution >= 0.6 is 11.6 Å². The van der Waals surface area contributed by atoms with Crippen molar-refractivity contribution in [1.82, 2.24) is 10.3 Å². The Morgan fingerprint density at radius 2 is 1.91 bits per heavy atom. The first kappa shape index (κ1) is 14.4. The van der Waals surface area contributed by atoms with E-state index in [0.717, 1.165) is 22.0 Å². The molecule has 0 bridgehead atoms. The van der Waals surface area contributed by atoms with Crippen LogP contribution in [0, 0.1) is 0 Å². The number of hydrogen-bond donors (Lipinski definition) is 2. The Kier molecular flexibility index (Phi) is 4.26. The molecule has 1 amide bonds. The van der Waals surface area contributed by atoms with Gasteiger partial charge in [-0.2, -0.15) is 0 Å². The monoisotopic (exact) mass is 310 g/mol. The van der Waals surface area contributed by atoms with E-state index in [1.807, 2.05) is 54.7 Å². The molecule has 3 nitrogen and oxygen atoms in total. The zero-order valence-electron chi connectivity index (χ0n) is 11.8. The summed E-state index contributed by atoms with van der Waals surface area (Å²) in [6.45, 7) is 0.413. The highest BCUT2D eigenvalue weighted by atomic mass is 35.5. The quantitative estimate of drug-likeness (QED) is 0.699. The molecule has 3 aromatic rings. The maximum Gasteiger partial charge on any atom is 0.244 e. The maximum absolute atomic E-state index is 11.9. The molecule has 0 spiro atoms. The fourth-order valence-corrected chi connectivity index (χ4v) is 2.48. The molecule has 0 aliphatic carbocycles. The number of nitrogens with one attached hydrogen (secondary N) is 2. The molecule has 22 heavy (non-hydrogen) atoms. The number of rotatable bonds is 4. The van der Waals surface area contributed by atoms with Crippen molar-refractivity contribution >= 4 is 34.5 Å². The van der Waals surface area contributed by atoms with Gasteiger partial charge in [0, 0.05) is 34.7 Å². The third kappa shape index (κ3) is 3.21. The molecule has 0 aliphatic rings. The van der Waals surface area contributed by atoms with E-state index in [1.165, 1.54) is 6.08 Å². The van der Waals surface area contributed by atoms with E-state index in [9.17, 15) is 4.79 Å². The third-order valence-corrected chi connectivity index (χ3v) is 3.82. The van der Waals surface area contributed by atoms with Crippen molar-refractivity contribution in [2.45, 2.75) is 6.54 Å². The Bertz CT molecular complexity index is 836. The first-order valence-electron chi connectivity index (χ1n) is 6.99. The van der Waals surface area contributed by atoms with Crippen LogP contribution in [-0.4, -0.2) is 10.9 Å². The summed E-state index contributed by atoms with van der Waals surface area (Å²) < 4.78 is 0. The van der Waals surface area contributed by atoms with Crippen LogP contribution in [0.3, 0.4) is 0 Å². The zero-order valence-corrected chi connectivity index (χ0v) is 12.6. The van der Waals surface area contributed by atoms with Crippen LogP contribution in [0.25, 0.3) is 17.0 Å². The molecule has 0 radical (unpaired) electrons. The number of aromatic nitrogens is 1. The highest BCUT2D eigenvalue weighted by Gasteiger charge is 2.02. The lowest BCUT2D eigenvalue weighted by molar-refractivity contribution is -0.116. The van der Waals surface area contributed by atoms with Crippen molar-refractivity contribution < 1.29 is 4.79 Å². The van der Waals surface area contributed by atoms with Gasteiger partial charge < -0.3 is 10.3 Å². The Morgan fingerprint density at radius 1 is 1.14 bits per heavy atom. The van der Waals surface area contributed by atoms with Gasteiger partial charge in [0.15, 0.2) is 0 Å². The minimum atomic E-state index is -0.148. The second kappa shape index (κ2) is 6.50. The minimum absolute atomic E-state index is 0.148. The van der Waals surface area contributed by atoms with Crippen molar-refractivity contribution in [2.75, 3.05) is 0 Å². The standard InChI is InChI=1S/C18H15ClN2O/c19-16-7-3-1-5-14(16)12-21-18(22)10-9-13-11-20-17-8-4-2-6-15(13)17/h1-11,20H,12H2,(H,21,22). The Morgan fingerprint density at radius 3 is 2.77 bits per heavy atom. The van der Waals surface area contributed by atoms with Crippen molar-refractivity contribution in [1.29, 1.82) is 0 Å². The summed E-state index contributed by atoms with van der Waals surface area (Å²) in [5, 5.41) is 4.58. The molecule has 3 rings (SSSR count). The smallest absolute Gasteiger partial charge is 0.244 e. The first-order valence-corrected chi connectivity index (χ1v) is 7.37. The van der Waals surface area contributed by atoms with Crippen molar-refractivity contribution in [3.63, 3.8) is 0 Å². The van der Waals surface area contributed by atoms with Crippen LogP contribution in [-0.2, 0) is 11.3 Å². The molecule has 1 aromatic heterocycles. The number of H-pyrrole nitrogens is 1. The van der Waals surface area contributed by atoms with E-state index in [1.54, 1.807) is 6.08 Å². The fourth-order valence-electron chi connectivity index (χ4n) is 2.28. The van der Waals surface area contributed by atoms with Gasteiger partial charge >= 0.3 is 0 Å². The molecule has 0 fully saturated rings. The van der Waals surface area contributed by atoms with Crippen molar-refractivity contribution in [2.24, 2.45) is 0 Å². The number of carbonyl (C=O) groups is 1. The molecule has 4 heteroatoms. The van der Waals surface area contributed by atoms with Gasteiger partial charge in [0.05, 0.1) is 0 Å². The normalized spacial score (nSPS) is 11.1. The summed E-state index contributed by atoms with van der Waals surface area (Å²) in [6, 6.07) is 15.4. The van der Waals surface area contributed by atoms with E-state index < -0.39 is 0 Å². The largest absolute Gasteiger partial charge is 0.361 e. The summed E-state index contributed by atoms with van der Waals surface area (Å²) in [6.07, 6.45) is 5.23. The second-order valence-electron chi connectivity index (χ2n) is 4.93. The average Bonchev–Trinajstić information content (AvgIpc) is 2.95. The molecule has 0 unspecified atom stereocenters. The molecule has 110 valence electrons. The van der Waals surface area contributed by atoms with E-state index in [-0.39, 0.29) is 5.91 Å². The molecule has 0 saturated heterocycles. The number of carbonyl (C=O) groups excluding carboxylic acids is 1. The molecule has 0 saturated carbocycles. The van der Waals surface area contributed by atoms with Crippen LogP contribution in [0.1, 0.15) is 11.1 Å². The van der Waals surface area contributed by atoms with E-state index in [4.69, 9.17) is 11.6 Å². The Labute approximate surface area is 133 Å². The lowest BCUT2D eigenvalue weighted by atomic mass is 10.1. The summed E-state index contributed by atoms with van der Waals surface area (Å²) in [5.74, 6) is -0.148. The average molecular weight is 311 g/mol. The molecular weight excluding hydrogens is 296 g/mol. The number of amides is 1. The van der Waals surface area contributed by atoms with Crippen molar-refractivity contribution in [3.8, 4) is 0 Å². The summed E-state index contributed by atoms with van der Waals surface area (Å²) in [7, 11) is 0. The van der Waals surface area contributed by atoms with Gasteiger partial charge in [-0.3, -0.25) is 4.79 Å². The highest BCUT2D eigenvalue weighted by molar-refractivity contribution is 6.31. The van der Waals surface area contributed by atoms with E-state index >= 15 is 0 Å². The van der Waals surface area contributed by atoms with Crippen LogP contribution in [0.15, 0.2) is 60.8 Å². The number of hydrogen-bond acceptors (Lipinski definition) is 1. The second-order valence-corrected chi connectivity index (χ2v) is 5.34. The zero-order chi connectivity index (χ0) is 15.4. The van der Waals surface area contributed by atoms with Gasteiger partial charge in [-0.15, -0.1) is 0 Å². The van der Waals surface area contributed by atoms with Crippen molar-refractivity contribution in [3.05, 3.63) is 77.0 Å². The molecule has 2 N–H and O–H groups in total. The van der Waals surface area contributed by atoms with Gasteiger partial charge in [-0.25, -0.2) is 0 Å². The van der Waals surface area contributed by atoms with Crippen LogP contribution in [0.2, 0.25) is 5.02 Å². The minimum Gasteiger partial charge on any atom is -0.361 e. The first-order chi connectivity index (χ1) is 10.7. The Balaban J connectivity index is 1.65. The van der Waals surface area contributed by atoms with E-state index in [0.29, 0.717) is 11.6 Å². The number of fused-ring (bicyclic) bond motifs is 1. The lowest BCUT2D eigenvalue weighted by Crippen LogP contribution is -2.20.